The van der Waals surface area contributed by atoms with E-state index < -0.39 is 0 Å². The lowest BCUT2D eigenvalue weighted by atomic mass is 10.1. The van der Waals surface area contributed by atoms with Gasteiger partial charge in [-0.25, -0.2) is 8.78 Å². The van der Waals surface area contributed by atoms with Gasteiger partial charge in [-0.2, -0.15) is 0 Å². The lowest BCUT2D eigenvalue weighted by Crippen LogP contribution is -2.22. The molecule has 2 rings (SSSR count). The lowest BCUT2D eigenvalue weighted by molar-refractivity contribution is 0.625. The molecule has 0 heterocycles. The van der Waals surface area contributed by atoms with E-state index in [2.05, 4.69) is 0 Å². The van der Waals surface area contributed by atoms with Gasteiger partial charge < -0.3 is 5.73 Å². The van der Waals surface area contributed by atoms with Crippen LogP contribution in [0.25, 0.3) is 0 Å². The maximum atomic E-state index is 12.9. The van der Waals surface area contributed by atoms with E-state index in [1.165, 1.54) is 24.3 Å². The Labute approximate surface area is 115 Å². The largest absolute Gasteiger partial charge is 0.327 e. The van der Waals surface area contributed by atoms with Crippen molar-refractivity contribution >= 4 is 11.8 Å². The second-order valence-electron chi connectivity index (χ2n) is 4.40. The maximum absolute atomic E-state index is 12.9. The van der Waals surface area contributed by atoms with Gasteiger partial charge >= 0.3 is 0 Å². The SMILES string of the molecule is CC(N)C(Sc1ccc(F)cc1)c1ccc(F)cc1. The number of rotatable bonds is 4. The molecular formula is C15H15F2NS. The van der Waals surface area contributed by atoms with Crippen LogP contribution in [-0.2, 0) is 0 Å². The molecule has 4 heteroatoms. The number of thioether (sulfide) groups is 1. The molecule has 0 aliphatic heterocycles. The van der Waals surface area contributed by atoms with Crippen molar-refractivity contribution in [3.8, 4) is 0 Å². The van der Waals surface area contributed by atoms with E-state index in [-0.39, 0.29) is 22.9 Å². The minimum atomic E-state index is -0.265. The molecule has 2 atom stereocenters. The van der Waals surface area contributed by atoms with Crippen LogP contribution in [0.5, 0.6) is 0 Å². The van der Waals surface area contributed by atoms with Crippen LogP contribution in [0, 0.1) is 11.6 Å². The highest BCUT2D eigenvalue weighted by molar-refractivity contribution is 7.99. The zero-order valence-electron chi connectivity index (χ0n) is 10.5. The molecule has 0 bridgehead atoms. The van der Waals surface area contributed by atoms with Gasteiger partial charge in [0.15, 0.2) is 0 Å². The first-order valence-electron chi connectivity index (χ1n) is 5.99. The molecule has 0 saturated heterocycles. The molecule has 0 spiro atoms. The van der Waals surface area contributed by atoms with Gasteiger partial charge in [0.25, 0.3) is 0 Å². The zero-order valence-corrected chi connectivity index (χ0v) is 11.3. The highest BCUT2D eigenvalue weighted by atomic mass is 32.2. The van der Waals surface area contributed by atoms with Gasteiger partial charge in [-0.1, -0.05) is 12.1 Å². The third kappa shape index (κ3) is 3.78. The first kappa shape index (κ1) is 14.0. The smallest absolute Gasteiger partial charge is 0.123 e. The van der Waals surface area contributed by atoms with Crippen molar-refractivity contribution in [2.75, 3.05) is 0 Å². The van der Waals surface area contributed by atoms with E-state index in [1.54, 1.807) is 36.0 Å². The Hall–Kier alpha value is -1.39. The summed E-state index contributed by atoms with van der Waals surface area (Å²) in [6.07, 6.45) is 0. The summed E-state index contributed by atoms with van der Waals surface area (Å²) in [6.45, 7) is 1.91. The Morgan fingerprint density at radius 1 is 0.895 bits per heavy atom. The van der Waals surface area contributed by atoms with Crippen LogP contribution in [-0.4, -0.2) is 6.04 Å². The van der Waals surface area contributed by atoms with Gasteiger partial charge in [0.1, 0.15) is 11.6 Å². The van der Waals surface area contributed by atoms with E-state index in [4.69, 9.17) is 5.73 Å². The van der Waals surface area contributed by atoms with Crippen molar-refractivity contribution in [3.63, 3.8) is 0 Å². The monoisotopic (exact) mass is 279 g/mol. The average molecular weight is 279 g/mol. The Kier molecular flexibility index (Phi) is 4.56. The highest BCUT2D eigenvalue weighted by Crippen LogP contribution is 2.37. The quantitative estimate of drug-likeness (QED) is 0.851. The predicted octanol–water partition coefficient (Wildman–Crippen LogP) is 4.15. The molecule has 1 nitrogen and oxygen atoms in total. The van der Waals surface area contributed by atoms with Crippen LogP contribution in [0.3, 0.4) is 0 Å². The van der Waals surface area contributed by atoms with Crippen molar-refractivity contribution in [1.82, 2.24) is 0 Å². The summed E-state index contributed by atoms with van der Waals surface area (Å²) in [4.78, 5) is 0.938. The Morgan fingerprint density at radius 3 is 1.84 bits per heavy atom. The van der Waals surface area contributed by atoms with Gasteiger partial charge in [-0.05, 0) is 48.9 Å². The topological polar surface area (TPSA) is 26.0 Å². The molecule has 0 radical (unpaired) electrons. The highest BCUT2D eigenvalue weighted by Gasteiger charge is 2.17. The summed E-state index contributed by atoms with van der Waals surface area (Å²) >= 11 is 1.55. The van der Waals surface area contributed by atoms with E-state index in [0.717, 1.165) is 10.5 Å². The fraction of sp³-hybridized carbons (Fsp3) is 0.200. The molecule has 0 aliphatic carbocycles. The molecule has 0 aliphatic rings. The first-order chi connectivity index (χ1) is 9.06. The second kappa shape index (κ2) is 6.17. The Balaban J connectivity index is 2.21. The van der Waals surface area contributed by atoms with Gasteiger partial charge in [0, 0.05) is 16.2 Å². The second-order valence-corrected chi connectivity index (χ2v) is 5.62. The van der Waals surface area contributed by atoms with Crippen molar-refractivity contribution in [2.45, 2.75) is 23.1 Å². The average Bonchev–Trinajstić information content (AvgIpc) is 2.39. The van der Waals surface area contributed by atoms with Crippen LogP contribution >= 0.6 is 11.8 Å². The Morgan fingerprint density at radius 2 is 1.37 bits per heavy atom. The van der Waals surface area contributed by atoms with Crippen LogP contribution in [0.1, 0.15) is 17.7 Å². The Bertz CT molecular complexity index is 523. The number of benzene rings is 2. The van der Waals surface area contributed by atoms with Crippen molar-refractivity contribution < 1.29 is 8.78 Å². The van der Waals surface area contributed by atoms with Crippen LogP contribution in [0.4, 0.5) is 8.78 Å². The molecule has 2 unspecified atom stereocenters. The molecule has 19 heavy (non-hydrogen) atoms. The van der Waals surface area contributed by atoms with Crippen LogP contribution in [0.15, 0.2) is 53.4 Å². The zero-order chi connectivity index (χ0) is 13.8. The van der Waals surface area contributed by atoms with Crippen molar-refractivity contribution in [1.29, 1.82) is 0 Å². The molecule has 0 saturated carbocycles. The van der Waals surface area contributed by atoms with Gasteiger partial charge in [-0.15, -0.1) is 11.8 Å². The van der Waals surface area contributed by atoms with Crippen molar-refractivity contribution in [3.05, 3.63) is 65.7 Å². The summed E-state index contributed by atoms with van der Waals surface area (Å²) in [5.74, 6) is -0.526. The molecule has 2 N–H and O–H groups in total. The summed E-state index contributed by atoms with van der Waals surface area (Å²) in [7, 11) is 0. The molecule has 2 aromatic carbocycles. The van der Waals surface area contributed by atoms with Crippen molar-refractivity contribution in [2.24, 2.45) is 5.73 Å². The van der Waals surface area contributed by atoms with Gasteiger partial charge in [0.2, 0.25) is 0 Å². The van der Waals surface area contributed by atoms with E-state index in [9.17, 15) is 8.78 Å². The van der Waals surface area contributed by atoms with E-state index >= 15 is 0 Å². The van der Waals surface area contributed by atoms with E-state index in [0.29, 0.717) is 0 Å². The number of nitrogens with two attached hydrogens (primary N) is 1. The number of halogens is 2. The molecule has 0 aromatic heterocycles. The third-order valence-corrected chi connectivity index (χ3v) is 4.25. The molecular weight excluding hydrogens is 264 g/mol. The number of hydrogen-bond donors (Lipinski definition) is 1. The van der Waals surface area contributed by atoms with Gasteiger partial charge in [0.05, 0.1) is 0 Å². The van der Waals surface area contributed by atoms with Crippen LogP contribution < -0.4 is 5.73 Å². The summed E-state index contributed by atoms with van der Waals surface area (Å²) in [5.41, 5.74) is 6.96. The first-order valence-corrected chi connectivity index (χ1v) is 6.87. The summed E-state index contributed by atoms with van der Waals surface area (Å²) in [5, 5.41) is 0.00561. The summed E-state index contributed by atoms with van der Waals surface area (Å²) in [6, 6.07) is 12.5. The van der Waals surface area contributed by atoms with Crippen LogP contribution in [0.2, 0.25) is 0 Å². The van der Waals surface area contributed by atoms with E-state index in [1.807, 2.05) is 6.92 Å². The normalized spacial score (nSPS) is 14.1. The molecule has 2 aromatic rings. The summed E-state index contributed by atoms with van der Waals surface area (Å²) < 4.78 is 25.8. The third-order valence-electron chi connectivity index (χ3n) is 2.75. The van der Waals surface area contributed by atoms with Gasteiger partial charge in [-0.3, -0.25) is 0 Å². The molecule has 0 fully saturated rings. The molecule has 100 valence electrons. The fourth-order valence-corrected chi connectivity index (χ4v) is 2.89. The molecule has 0 amide bonds. The lowest BCUT2D eigenvalue weighted by Gasteiger charge is -2.20. The minimum absolute atomic E-state index is 0.00561. The maximum Gasteiger partial charge on any atom is 0.123 e. The predicted molar refractivity (Wildman–Crippen MR) is 75.0 cm³/mol. The minimum Gasteiger partial charge on any atom is -0.327 e. The standard InChI is InChI=1S/C15H15F2NS/c1-10(18)15(11-2-4-12(16)5-3-11)19-14-8-6-13(17)7-9-14/h2-10,15H,18H2,1H3. The number of hydrogen-bond acceptors (Lipinski definition) is 2. The fourth-order valence-electron chi connectivity index (χ4n) is 1.79.